The molecule has 0 aliphatic heterocycles. The average molecular weight is 291 g/mol. The van der Waals surface area contributed by atoms with Gasteiger partial charge in [0.2, 0.25) is 0 Å². The van der Waals surface area contributed by atoms with Crippen molar-refractivity contribution in [1.82, 2.24) is 0 Å². The van der Waals surface area contributed by atoms with Gasteiger partial charge < -0.3 is 5.32 Å². The molecule has 1 nitrogen and oxygen atoms in total. The van der Waals surface area contributed by atoms with Crippen molar-refractivity contribution in [3.63, 3.8) is 0 Å². The number of hydrogen-bond donors (Lipinski definition) is 1. The van der Waals surface area contributed by atoms with E-state index in [1.807, 2.05) is 24.3 Å². The van der Waals surface area contributed by atoms with Gasteiger partial charge in [-0.25, -0.2) is 0 Å². The third-order valence-corrected chi connectivity index (χ3v) is 3.77. The maximum absolute atomic E-state index is 4.15. The molecule has 0 aliphatic carbocycles. The summed E-state index contributed by atoms with van der Waals surface area (Å²) in [5.41, 5.74) is 5.52. The lowest BCUT2D eigenvalue weighted by atomic mass is 10.0. The summed E-state index contributed by atoms with van der Waals surface area (Å²) in [7, 11) is 0. The molecule has 1 N–H and O–H groups in total. The zero-order valence-corrected chi connectivity index (χ0v) is 13.6. The van der Waals surface area contributed by atoms with E-state index < -0.39 is 0 Å². The summed E-state index contributed by atoms with van der Waals surface area (Å²) in [6, 6.07) is 16.8. The van der Waals surface area contributed by atoms with Crippen molar-refractivity contribution in [3.8, 4) is 0 Å². The van der Waals surface area contributed by atoms with E-state index in [1.54, 1.807) is 0 Å². The van der Waals surface area contributed by atoms with Gasteiger partial charge in [-0.1, -0.05) is 69.5 Å². The SMILES string of the molecule is C=Cc1ccccc1C(=C)Nc1ccc(CCC(C)C)cc1. The van der Waals surface area contributed by atoms with Gasteiger partial charge in [0.05, 0.1) is 0 Å². The van der Waals surface area contributed by atoms with Crippen LogP contribution in [-0.2, 0) is 6.42 Å². The van der Waals surface area contributed by atoms with E-state index in [1.165, 1.54) is 12.0 Å². The predicted octanol–water partition coefficient (Wildman–Crippen LogP) is 6.00. The third-order valence-electron chi connectivity index (χ3n) is 3.77. The maximum atomic E-state index is 4.15. The Bertz CT molecular complexity index is 635. The number of hydrogen-bond acceptors (Lipinski definition) is 1. The monoisotopic (exact) mass is 291 g/mol. The van der Waals surface area contributed by atoms with Gasteiger partial charge in [0, 0.05) is 16.9 Å². The molecule has 0 heterocycles. The van der Waals surface area contributed by atoms with Crippen molar-refractivity contribution in [3.05, 3.63) is 78.4 Å². The minimum atomic E-state index is 0.744. The molecule has 114 valence electrons. The van der Waals surface area contributed by atoms with Crippen molar-refractivity contribution >= 4 is 17.5 Å². The molecule has 2 rings (SSSR count). The number of benzene rings is 2. The number of rotatable bonds is 7. The van der Waals surface area contributed by atoms with Crippen molar-refractivity contribution < 1.29 is 0 Å². The van der Waals surface area contributed by atoms with Gasteiger partial charge in [-0.05, 0) is 42.0 Å². The maximum Gasteiger partial charge on any atom is 0.0390 e. The lowest BCUT2D eigenvalue weighted by molar-refractivity contribution is 0.587. The second kappa shape index (κ2) is 7.65. The summed E-state index contributed by atoms with van der Waals surface area (Å²) < 4.78 is 0. The highest BCUT2D eigenvalue weighted by Crippen LogP contribution is 2.22. The summed E-state index contributed by atoms with van der Waals surface area (Å²) in [5, 5.41) is 3.38. The Morgan fingerprint density at radius 3 is 2.41 bits per heavy atom. The van der Waals surface area contributed by atoms with Crippen molar-refractivity contribution in [2.24, 2.45) is 5.92 Å². The first-order valence-corrected chi connectivity index (χ1v) is 7.87. The minimum Gasteiger partial charge on any atom is -0.356 e. The van der Waals surface area contributed by atoms with Crippen LogP contribution in [-0.4, -0.2) is 0 Å². The van der Waals surface area contributed by atoms with E-state index in [0.29, 0.717) is 0 Å². The second-order valence-electron chi connectivity index (χ2n) is 6.02. The first kappa shape index (κ1) is 16.1. The van der Waals surface area contributed by atoms with Crippen LogP contribution in [0.3, 0.4) is 0 Å². The van der Waals surface area contributed by atoms with Crippen LogP contribution in [0.4, 0.5) is 5.69 Å². The summed E-state index contributed by atoms with van der Waals surface area (Å²) in [4.78, 5) is 0. The molecular weight excluding hydrogens is 266 g/mol. The van der Waals surface area contributed by atoms with Gasteiger partial charge in [0.1, 0.15) is 0 Å². The first-order chi connectivity index (χ1) is 10.6. The Kier molecular flexibility index (Phi) is 5.60. The van der Waals surface area contributed by atoms with E-state index in [4.69, 9.17) is 0 Å². The van der Waals surface area contributed by atoms with Gasteiger partial charge in [-0.3, -0.25) is 0 Å². The van der Waals surface area contributed by atoms with Crippen LogP contribution < -0.4 is 5.32 Å². The normalized spacial score (nSPS) is 10.5. The first-order valence-electron chi connectivity index (χ1n) is 7.87. The average Bonchev–Trinajstić information content (AvgIpc) is 2.54. The molecule has 1 heteroatoms. The topological polar surface area (TPSA) is 12.0 Å². The molecule has 0 aromatic heterocycles. The minimum absolute atomic E-state index is 0.744. The highest BCUT2D eigenvalue weighted by molar-refractivity contribution is 5.80. The van der Waals surface area contributed by atoms with Gasteiger partial charge >= 0.3 is 0 Å². The van der Waals surface area contributed by atoms with Crippen LogP contribution in [0.15, 0.2) is 61.7 Å². The van der Waals surface area contributed by atoms with Crippen LogP contribution in [0, 0.1) is 5.92 Å². The smallest absolute Gasteiger partial charge is 0.0390 e. The number of aryl methyl sites for hydroxylation is 1. The molecule has 2 aromatic carbocycles. The molecule has 2 aromatic rings. The van der Waals surface area contributed by atoms with Gasteiger partial charge in [0.15, 0.2) is 0 Å². The van der Waals surface area contributed by atoms with Gasteiger partial charge in [-0.15, -0.1) is 0 Å². The molecule has 0 fully saturated rings. The van der Waals surface area contributed by atoms with Crippen molar-refractivity contribution in [2.45, 2.75) is 26.7 Å². The highest BCUT2D eigenvalue weighted by Gasteiger charge is 2.04. The lowest BCUT2D eigenvalue weighted by Gasteiger charge is -2.13. The van der Waals surface area contributed by atoms with Crippen LogP contribution in [0.2, 0.25) is 0 Å². The molecule has 0 saturated carbocycles. The summed E-state index contributed by atoms with van der Waals surface area (Å²) >= 11 is 0. The van der Waals surface area contributed by atoms with Gasteiger partial charge in [0.25, 0.3) is 0 Å². The Labute approximate surface area is 134 Å². The van der Waals surface area contributed by atoms with E-state index >= 15 is 0 Å². The predicted molar refractivity (Wildman–Crippen MR) is 98.8 cm³/mol. The molecular formula is C21H25N. The Morgan fingerprint density at radius 2 is 1.77 bits per heavy atom. The van der Waals surface area contributed by atoms with E-state index in [-0.39, 0.29) is 0 Å². The fourth-order valence-corrected chi connectivity index (χ4v) is 2.40. The Hall–Kier alpha value is -2.28. The fraction of sp³-hybridized carbons (Fsp3) is 0.238. The zero-order chi connectivity index (χ0) is 15.9. The standard InChI is InChI=1S/C21H25N/c1-5-19-8-6-7-9-21(19)17(4)22-20-14-12-18(13-15-20)11-10-16(2)3/h5-9,12-16,22H,1,4,10-11H2,2-3H3. The Morgan fingerprint density at radius 1 is 1.09 bits per heavy atom. The van der Waals surface area contributed by atoms with Crippen LogP contribution in [0.5, 0.6) is 0 Å². The van der Waals surface area contributed by atoms with E-state index in [0.717, 1.165) is 34.9 Å². The molecule has 0 spiro atoms. The van der Waals surface area contributed by atoms with Crippen LogP contribution >= 0.6 is 0 Å². The van der Waals surface area contributed by atoms with Crippen molar-refractivity contribution in [1.29, 1.82) is 0 Å². The zero-order valence-electron chi connectivity index (χ0n) is 13.6. The summed E-state index contributed by atoms with van der Waals surface area (Å²) in [6.45, 7) is 12.5. The molecule has 0 bridgehead atoms. The molecule has 22 heavy (non-hydrogen) atoms. The number of anilines is 1. The fourth-order valence-electron chi connectivity index (χ4n) is 2.40. The van der Waals surface area contributed by atoms with Crippen LogP contribution in [0.25, 0.3) is 11.8 Å². The van der Waals surface area contributed by atoms with E-state index in [9.17, 15) is 0 Å². The van der Waals surface area contributed by atoms with E-state index in [2.05, 4.69) is 62.7 Å². The molecule has 0 aliphatic rings. The molecule has 0 unspecified atom stereocenters. The largest absolute Gasteiger partial charge is 0.356 e. The quantitative estimate of drug-likeness (QED) is 0.659. The van der Waals surface area contributed by atoms with Crippen LogP contribution in [0.1, 0.15) is 37.0 Å². The highest BCUT2D eigenvalue weighted by atomic mass is 14.9. The lowest BCUT2D eigenvalue weighted by Crippen LogP contribution is -1.99. The summed E-state index contributed by atoms with van der Waals surface area (Å²) in [6.07, 6.45) is 4.22. The van der Waals surface area contributed by atoms with Gasteiger partial charge in [-0.2, -0.15) is 0 Å². The second-order valence-corrected chi connectivity index (χ2v) is 6.02. The third kappa shape index (κ3) is 4.36. The number of nitrogens with one attached hydrogen (secondary N) is 1. The molecule has 0 amide bonds. The molecule has 0 radical (unpaired) electrons. The Balaban J connectivity index is 2.04. The molecule has 0 atom stereocenters. The molecule has 0 saturated heterocycles. The summed E-state index contributed by atoms with van der Waals surface area (Å²) in [5.74, 6) is 0.744. The van der Waals surface area contributed by atoms with Crippen molar-refractivity contribution in [2.75, 3.05) is 5.32 Å².